The Labute approximate surface area is 312 Å². The molecule has 0 aliphatic heterocycles. The number of benzene rings is 6. The third-order valence-corrected chi connectivity index (χ3v) is 11.2. The van der Waals surface area contributed by atoms with E-state index in [9.17, 15) is 16.8 Å². The number of aliphatic imine (C=N–C) groups is 2. The monoisotopic (exact) mass is 740 g/mol. The first kappa shape index (κ1) is 36.9. The van der Waals surface area contributed by atoms with Crippen molar-refractivity contribution in [2.24, 2.45) is 9.98 Å². The van der Waals surface area contributed by atoms with Gasteiger partial charge in [0.15, 0.2) is 0 Å². The minimum absolute atomic E-state index is 0.174. The number of hydrogen-bond acceptors (Lipinski definition) is 6. The summed E-state index contributed by atoms with van der Waals surface area (Å²) in [6.07, 6.45) is 0.571. The van der Waals surface area contributed by atoms with E-state index >= 15 is 0 Å². The van der Waals surface area contributed by atoms with Crippen LogP contribution in [0.4, 0.5) is 11.4 Å². The van der Waals surface area contributed by atoms with Crippen molar-refractivity contribution in [2.75, 3.05) is 22.5 Å². The zero-order valence-corrected chi connectivity index (χ0v) is 31.1. The number of hydrogen-bond donors (Lipinski definition) is 2. The Morgan fingerprint density at radius 3 is 1.17 bits per heavy atom. The average molecular weight is 741 g/mol. The molecule has 0 fully saturated rings. The minimum atomic E-state index is -3.86. The van der Waals surface area contributed by atoms with E-state index in [1.165, 1.54) is 0 Å². The lowest BCUT2D eigenvalue weighted by atomic mass is 10.0. The van der Waals surface area contributed by atoms with E-state index in [1.807, 2.05) is 98.8 Å². The number of rotatable bonds is 14. The topological polar surface area (TPSA) is 117 Å². The molecule has 6 rings (SSSR count). The minimum Gasteiger partial charge on any atom is -0.284 e. The van der Waals surface area contributed by atoms with Crippen LogP contribution in [0.15, 0.2) is 178 Å². The van der Waals surface area contributed by atoms with Crippen molar-refractivity contribution in [3.63, 3.8) is 0 Å². The molecular weight excluding hydrogens is 701 g/mol. The third-order valence-electron chi connectivity index (χ3n) is 8.47. The molecule has 0 saturated heterocycles. The van der Waals surface area contributed by atoms with Gasteiger partial charge in [0.25, 0.3) is 20.0 Å². The van der Waals surface area contributed by atoms with Gasteiger partial charge in [0.1, 0.15) is 0 Å². The summed E-state index contributed by atoms with van der Waals surface area (Å²) in [6.45, 7) is 4.62. The largest absolute Gasteiger partial charge is 0.284 e. The predicted molar refractivity (Wildman–Crippen MR) is 215 cm³/mol. The Bertz CT molecular complexity index is 2270. The van der Waals surface area contributed by atoms with Gasteiger partial charge < -0.3 is 0 Å². The van der Waals surface area contributed by atoms with Crippen molar-refractivity contribution in [1.82, 2.24) is 0 Å². The van der Waals surface area contributed by atoms with Crippen LogP contribution in [0, 0.1) is 13.8 Å². The van der Waals surface area contributed by atoms with E-state index in [2.05, 4.69) is 9.44 Å². The molecule has 6 aromatic carbocycles. The average Bonchev–Trinajstić information content (AvgIpc) is 3.16. The van der Waals surface area contributed by atoms with Gasteiger partial charge in [-0.15, -0.1) is 0 Å². The molecule has 0 bridgehead atoms. The predicted octanol–water partition coefficient (Wildman–Crippen LogP) is 8.67. The second-order valence-corrected chi connectivity index (χ2v) is 15.8. The number of anilines is 2. The molecule has 268 valence electrons. The lowest BCUT2D eigenvalue weighted by molar-refractivity contribution is 0.599. The van der Waals surface area contributed by atoms with Gasteiger partial charge in [0, 0.05) is 35.3 Å². The van der Waals surface area contributed by atoms with Crippen LogP contribution in [0.2, 0.25) is 0 Å². The van der Waals surface area contributed by atoms with Crippen molar-refractivity contribution in [2.45, 2.75) is 30.1 Å². The van der Waals surface area contributed by atoms with Crippen LogP contribution in [0.1, 0.15) is 39.8 Å². The molecule has 0 saturated carbocycles. The fourth-order valence-corrected chi connectivity index (χ4v) is 7.87. The summed E-state index contributed by atoms with van der Waals surface area (Å²) in [7, 11) is -7.72. The molecule has 0 amide bonds. The maximum absolute atomic E-state index is 13.4. The van der Waals surface area contributed by atoms with Gasteiger partial charge >= 0.3 is 0 Å². The summed E-state index contributed by atoms with van der Waals surface area (Å²) in [4.78, 5) is 10.4. The van der Waals surface area contributed by atoms with Gasteiger partial charge in [-0.25, -0.2) is 16.8 Å². The molecular formula is C43H40N4O4S2. The molecule has 0 radical (unpaired) electrons. The standard InChI is InChI=1S/C43H40N4O4S2/c1-32-22-26-36(27-23-32)52(48,49)46-40-20-11-9-18-38(40)42(34-14-5-3-6-15-34)44-30-13-31-45-43(35-16-7-4-8-17-35)39-19-10-12-21-41(39)47-53(50,51)37-28-24-33(2)25-29-37/h3-12,14-29,46-47H,13,30-31H2,1-2H3. The lowest BCUT2D eigenvalue weighted by Gasteiger charge is -2.16. The molecule has 6 aromatic rings. The van der Waals surface area contributed by atoms with Crippen LogP contribution in [-0.4, -0.2) is 41.3 Å². The molecule has 0 heterocycles. The van der Waals surface area contributed by atoms with Gasteiger partial charge in [0.2, 0.25) is 0 Å². The summed E-state index contributed by atoms with van der Waals surface area (Å²) in [6, 6.07) is 47.3. The van der Waals surface area contributed by atoms with E-state index in [-0.39, 0.29) is 9.79 Å². The van der Waals surface area contributed by atoms with Crippen molar-refractivity contribution in [3.8, 4) is 0 Å². The van der Waals surface area contributed by atoms with Crippen LogP contribution in [-0.2, 0) is 20.0 Å². The molecule has 0 unspecified atom stereocenters. The number of nitrogens with zero attached hydrogens (tertiary/aromatic N) is 2. The maximum atomic E-state index is 13.4. The Morgan fingerprint density at radius 2 is 0.792 bits per heavy atom. The Kier molecular flexibility index (Phi) is 11.6. The van der Waals surface area contributed by atoms with Crippen molar-refractivity contribution in [3.05, 3.63) is 191 Å². The van der Waals surface area contributed by atoms with E-state index in [0.29, 0.717) is 53.4 Å². The summed E-state index contributed by atoms with van der Waals surface area (Å²) < 4.78 is 59.2. The normalized spacial score (nSPS) is 12.3. The second-order valence-electron chi connectivity index (χ2n) is 12.5. The van der Waals surface area contributed by atoms with Crippen LogP contribution >= 0.6 is 0 Å². The lowest BCUT2D eigenvalue weighted by Crippen LogP contribution is -2.17. The van der Waals surface area contributed by atoms with Gasteiger partial charge in [0.05, 0.1) is 32.6 Å². The van der Waals surface area contributed by atoms with Gasteiger partial charge in [-0.1, -0.05) is 132 Å². The number of sulfonamides is 2. The molecule has 0 aliphatic rings. The Balaban J connectivity index is 1.28. The van der Waals surface area contributed by atoms with Crippen LogP contribution in [0.3, 0.4) is 0 Å². The molecule has 0 atom stereocenters. The summed E-state index contributed by atoms with van der Waals surface area (Å²) in [5.41, 5.74) is 7.07. The van der Waals surface area contributed by atoms with Crippen LogP contribution in [0.25, 0.3) is 0 Å². The van der Waals surface area contributed by atoms with Crippen LogP contribution < -0.4 is 9.44 Å². The van der Waals surface area contributed by atoms with Crippen molar-refractivity contribution < 1.29 is 16.8 Å². The fraction of sp³-hybridized carbons (Fsp3) is 0.116. The molecule has 53 heavy (non-hydrogen) atoms. The SMILES string of the molecule is Cc1ccc(S(=O)(=O)Nc2ccccc2C(=NCCCN=C(c2ccccc2)c2ccccc2NS(=O)(=O)c2ccc(C)cc2)c2ccccc2)cc1. The maximum Gasteiger partial charge on any atom is 0.261 e. The Hall–Kier alpha value is -5.84. The third kappa shape index (κ3) is 9.34. The zero-order valence-electron chi connectivity index (χ0n) is 29.5. The van der Waals surface area contributed by atoms with E-state index in [0.717, 1.165) is 22.3 Å². The first-order valence-electron chi connectivity index (χ1n) is 17.2. The molecule has 0 aliphatic carbocycles. The van der Waals surface area contributed by atoms with Gasteiger partial charge in [-0.3, -0.25) is 19.4 Å². The number of aryl methyl sites for hydroxylation is 2. The smallest absolute Gasteiger partial charge is 0.261 e. The van der Waals surface area contributed by atoms with Crippen LogP contribution in [0.5, 0.6) is 0 Å². The van der Waals surface area contributed by atoms with Crippen molar-refractivity contribution in [1.29, 1.82) is 0 Å². The quantitative estimate of drug-likeness (QED) is 0.0859. The number of para-hydroxylation sites is 2. The summed E-state index contributed by atoms with van der Waals surface area (Å²) in [5, 5.41) is 0. The summed E-state index contributed by atoms with van der Waals surface area (Å²) >= 11 is 0. The Morgan fingerprint density at radius 1 is 0.453 bits per heavy atom. The summed E-state index contributed by atoms with van der Waals surface area (Å²) in [5.74, 6) is 0. The first-order chi connectivity index (χ1) is 25.6. The molecule has 8 nitrogen and oxygen atoms in total. The molecule has 0 spiro atoms. The first-order valence-corrected chi connectivity index (χ1v) is 20.1. The highest BCUT2D eigenvalue weighted by molar-refractivity contribution is 7.93. The molecule has 0 aromatic heterocycles. The highest BCUT2D eigenvalue weighted by Gasteiger charge is 2.20. The van der Waals surface area contributed by atoms with Crippen molar-refractivity contribution >= 4 is 42.8 Å². The van der Waals surface area contributed by atoms with E-state index in [4.69, 9.17) is 9.98 Å². The molecule has 2 N–H and O–H groups in total. The molecule has 10 heteroatoms. The highest BCUT2D eigenvalue weighted by Crippen LogP contribution is 2.26. The van der Waals surface area contributed by atoms with E-state index in [1.54, 1.807) is 72.8 Å². The highest BCUT2D eigenvalue weighted by atomic mass is 32.2. The number of nitrogens with one attached hydrogen (secondary N) is 2. The van der Waals surface area contributed by atoms with Gasteiger partial charge in [-0.2, -0.15) is 0 Å². The van der Waals surface area contributed by atoms with E-state index < -0.39 is 20.0 Å². The fourth-order valence-electron chi connectivity index (χ4n) is 5.71. The zero-order chi connectivity index (χ0) is 37.3. The second kappa shape index (κ2) is 16.7. The van der Waals surface area contributed by atoms with Gasteiger partial charge in [-0.05, 0) is 56.7 Å².